The molecule has 40 heavy (non-hydrogen) atoms. The van der Waals surface area contributed by atoms with Gasteiger partial charge < -0.3 is 9.84 Å². The maximum Gasteiger partial charge on any atom is 0.338 e. The second kappa shape index (κ2) is 10.6. The number of hydrogen-bond acceptors (Lipinski definition) is 3. The number of ether oxygens (including phenoxy) is 1. The van der Waals surface area contributed by atoms with Crippen LogP contribution in [0, 0.1) is 51.2 Å². The molecule has 3 nitrogen and oxygen atoms in total. The Balaban J connectivity index is 1.39. The quantitative estimate of drug-likeness (QED) is 0.273. The van der Waals surface area contributed by atoms with Crippen molar-refractivity contribution in [3.05, 3.63) is 47.5 Å². The molecule has 3 fully saturated rings. The van der Waals surface area contributed by atoms with Crippen LogP contribution in [0.15, 0.2) is 42.0 Å². The highest BCUT2D eigenvalue weighted by molar-refractivity contribution is 5.89. The van der Waals surface area contributed by atoms with E-state index in [9.17, 15) is 9.90 Å². The summed E-state index contributed by atoms with van der Waals surface area (Å²) in [6.07, 6.45) is 12.5. The fourth-order valence-electron chi connectivity index (χ4n) is 10.7. The highest BCUT2D eigenvalue weighted by Crippen LogP contribution is 2.73. The van der Waals surface area contributed by atoms with Gasteiger partial charge in [-0.15, -0.1) is 0 Å². The summed E-state index contributed by atoms with van der Waals surface area (Å²) in [4.78, 5) is 13.0. The first-order valence-corrected chi connectivity index (χ1v) is 16.4. The van der Waals surface area contributed by atoms with Gasteiger partial charge in [0.2, 0.25) is 0 Å². The van der Waals surface area contributed by atoms with Gasteiger partial charge in [-0.25, -0.2) is 4.79 Å². The van der Waals surface area contributed by atoms with Gasteiger partial charge in [-0.05, 0) is 91.1 Å². The van der Waals surface area contributed by atoms with Gasteiger partial charge >= 0.3 is 5.97 Å². The standard InChI is InChI=1S/C37H56O3/c1-24(2)13-12-14-25(3)29-23-31(38)37(8)28-17-18-30-34(4,5)32(40-33(39)26-15-10-9-11-16-26)20-21-35(30,6)27(28)19-22-36(29,37)7/h9-11,15-17,24-25,27,29-32,38H,12-14,18-23H2,1-8H3/t25-,27+,29-,30+,31-,32+,35-,36-,37-/m1/s1. The fourth-order valence-corrected chi connectivity index (χ4v) is 10.7. The number of aliphatic hydroxyl groups is 1. The van der Waals surface area contributed by atoms with Crippen LogP contribution in [0.2, 0.25) is 0 Å². The zero-order valence-corrected chi connectivity index (χ0v) is 26.6. The van der Waals surface area contributed by atoms with Gasteiger partial charge in [0.1, 0.15) is 6.10 Å². The predicted molar refractivity (Wildman–Crippen MR) is 164 cm³/mol. The smallest absolute Gasteiger partial charge is 0.338 e. The van der Waals surface area contributed by atoms with Crippen molar-refractivity contribution in [1.29, 1.82) is 0 Å². The molecule has 0 bridgehead atoms. The monoisotopic (exact) mass is 548 g/mol. The summed E-state index contributed by atoms with van der Waals surface area (Å²) < 4.78 is 6.23. The van der Waals surface area contributed by atoms with E-state index < -0.39 is 0 Å². The van der Waals surface area contributed by atoms with E-state index in [0.717, 1.165) is 31.6 Å². The van der Waals surface area contributed by atoms with Crippen molar-refractivity contribution in [2.75, 3.05) is 0 Å². The number of fused-ring (bicyclic) bond motifs is 5. The Hall–Kier alpha value is -1.61. The highest BCUT2D eigenvalue weighted by atomic mass is 16.5. The van der Waals surface area contributed by atoms with Crippen LogP contribution in [0.3, 0.4) is 0 Å². The summed E-state index contributed by atoms with van der Waals surface area (Å²) in [6.45, 7) is 19.3. The number of hydrogen-bond donors (Lipinski definition) is 1. The first kappa shape index (κ1) is 29.9. The zero-order chi connectivity index (χ0) is 29.1. The molecule has 4 aliphatic carbocycles. The highest BCUT2D eigenvalue weighted by Gasteiger charge is 2.68. The van der Waals surface area contributed by atoms with Gasteiger partial charge in [0.25, 0.3) is 0 Å². The molecular formula is C37H56O3. The first-order valence-electron chi connectivity index (χ1n) is 16.4. The van der Waals surface area contributed by atoms with Crippen LogP contribution < -0.4 is 0 Å². The van der Waals surface area contributed by atoms with Crippen LogP contribution >= 0.6 is 0 Å². The van der Waals surface area contributed by atoms with Crippen LogP contribution in [0.5, 0.6) is 0 Å². The molecule has 5 rings (SSSR count). The molecule has 1 aromatic rings. The summed E-state index contributed by atoms with van der Waals surface area (Å²) in [5.41, 5.74) is 2.26. The van der Waals surface area contributed by atoms with Crippen LogP contribution in [0.4, 0.5) is 0 Å². The van der Waals surface area contributed by atoms with E-state index in [4.69, 9.17) is 4.74 Å². The van der Waals surface area contributed by atoms with E-state index in [1.807, 2.05) is 30.3 Å². The number of esters is 1. The lowest BCUT2D eigenvalue weighted by Crippen LogP contribution is -2.59. The minimum Gasteiger partial charge on any atom is -0.458 e. The van der Waals surface area contributed by atoms with Gasteiger partial charge in [-0.2, -0.15) is 0 Å². The Morgan fingerprint density at radius 2 is 1.70 bits per heavy atom. The molecule has 3 saturated carbocycles. The van der Waals surface area contributed by atoms with Crippen LogP contribution in [0.1, 0.15) is 124 Å². The number of carbonyl (C=O) groups is 1. The van der Waals surface area contributed by atoms with E-state index in [1.54, 1.807) is 5.57 Å². The molecule has 0 unspecified atom stereocenters. The molecule has 0 amide bonds. The van der Waals surface area contributed by atoms with Crippen molar-refractivity contribution in [3.63, 3.8) is 0 Å². The molecule has 0 aromatic heterocycles. The number of allylic oxidation sites excluding steroid dienone is 1. The van der Waals surface area contributed by atoms with E-state index in [0.29, 0.717) is 29.2 Å². The van der Waals surface area contributed by atoms with Crippen molar-refractivity contribution in [2.45, 2.75) is 125 Å². The van der Waals surface area contributed by atoms with Crippen molar-refractivity contribution in [2.24, 2.45) is 51.2 Å². The van der Waals surface area contributed by atoms with Crippen molar-refractivity contribution >= 4 is 5.97 Å². The molecule has 222 valence electrons. The lowest BCUT2D eigenvalue weighted by Gasteiger charge is -2.64. The molecule has 3 heteroatoms. The normalized spacial score (nSPS) is 41.0. The second-order valence-electron chi connectivity index (χ2n) is 15.9. The molecule has 1 aromatic carbocycles. The number of aliphatic hydroxyl groups excluding tert-OH is 1. The third-order valence-corrected chi connectivity index (χ3v) is 13.3. The maximum atomic E-state index is 13.0. The second-order valence-corrected chi connectivity index (χ2v) is 15.9. The Morgan fingerprint density at radius 1 is 1.00 bits per heavy atom. The maximum absolute atomic E-state index is 13.0. The summed E-state index contributed by atoms with van der Waals surface area (Å²) in [5, 5.41) is 11.9. The lowest BCUT2D eigenvalue weighted by atomic mass is 9.40. The summed E-state index contributed by atoms with van der Waals surface area (Å²) >= 11 is 0. The Labute approximate surface area is 244 Å². The minimum absolute atomic E-state index is 0.0779. The Morgan fingerprint density at radius 3 is 2.38 bits per heavy atom. The van der Waals surface area contributed by atoms with Crippen molar-refractivity contribution < 1.29 is 14.6 Å². The summed E-state index contributed by atoms with van der Waals surface area (Å²) in [5.74, 6) is 2.75. The Bertz CT molecular complexity index is 1100. The van der Waals surface area contributed by atoms with E-state index in [1.165, 1.54) is 32.1 Å². The van der Waals surface area contributed by atoms with Gasteiger partial charge in [0.15, 0.2) is 0 Å². The summed E-state index contributed by atoms with van der Waals surface area (Å²) in [7, 11) is 0. The fraction of sp³-hybridized carbons (Fsp3) is 0.757. The van der Waals surface area contributed by atoms with E-state index >= 15 is 0 Å². The SMILES string of the molecule is CC(C)CCC[C@@H](C)[C@H]1C[C@@H](O)[C@@]2(C)C3=CC[C@H]4C(C)(C)[C@@H](OC(=O)c5ccccc5)CC[C@]4(C)[C@H]3CC[C@]12C. The molecule has 4 aliphatic rings. The number of benzene rings is 1. The van der Waals surface area contributed by atoms with Gasteiger partial charge in [-0.1, -0.05) is 105 Å². The third-order valence-electron chi connectivity index (χ3n) is 13.3. The van der Waals surface area contributed by atoms with Crippen LogP contribution in [-0.2, 0) is 4.74 Å². The molecule has 0 aliphatic heterocycles. The largest absolute Gasteiger partial charge is 0.458 e. The van der Waals surface area contributed by atoms with E-state index in [-0.39, 0.29) is 39.8 Å². The topological polar surface area (TPSA) is 46.5 Å². The molecule has 0 spiro atoms. The van der Waals surface area contributed by atoms with Crippen LogP contribution in [-0.4, -0.2) is 23.3 Å². The average Bonchev–Trinajstić information content (AvgIpc) is 3.12. The van der Waals surface area contributed by atoms with Crippen molar-refractivity contribution in [3.8, 4) is 0 Å². The third kappa shape index (κ3) is 4.52. The number of rotatable bonds is 7. The lowest BCUT2D eigenvalue weighted by molar-refractivity contribution is -0.140. The van der Waals surface area contributed by atoms with Crippen molar-refractivity contribution in [1.82, 2.24) is 0 Å². The van der Waals surface area contributed by atoms with Gasteiger partial charge in [0, 0.05) is 10.8 Å². The van der Waals surface area contributed by atoms with Crippen LogP contribution in [0.25, 0.3) is 0 Å². The summed E-state index contributed by atoms with van der Waals surface area (Å²) in [6, 6.07) is 9.44. The molecule has 1 N–H and O–H groups in total. The average molecular weight is 549 g/mol. The number of carbonyl (C=O) groups excluding carboxylic acids is 1. The molecule has 0 saturated heterocycles. The zero-order valence-electron chi connectivity index (χ0n) is 26.6. The Kier molecular flexibility index (Phi) is 7.90. The molecule has 9 atom stereocenters. The predicted octanol–water partition coefficient (Wildman–Crippen LogP) is 9.25. The molecule has 0 heterocycles. The van der Waals surface area contributed by atoms with Gasteiger partial charge in [0.05, 0.1) is 11.7 Å². The first-order chi connectivity index (χ1) is 18.8. The molecular weight excluding hydrogens is 492 g/mol. The molecule has 0 radical (unpaired) electrons. The van der Waals surface area contributed by atoms with E-state index in [2.05, 4.69) is 61.5 Å². The van der Waals surface area contributed by atoms with Gasteiger partial charge in [-0.3, -0.25) is 0 Å². The minimum atomic E-state index is -0.263.